The smallest absolute Gasteiger partial charge is 0.394 e. The molecule has 0 bridgehead atoms. The molecule has 7 unspecified atom stereocenters. The second kappa shape index (κ2) is 33.5. The minimum absolute atomic E-state index is 0.186. The molecule has 12 nitrogen and oxygen atoms in total. The molecule has 0 aliphatic carbocycles. The van der Waals surface area contributed by atoms with Crippen LogP contribution in [0.25, 0.3) is 0 Å². The zero-order chi connectivity index (χ0) is 40.6. The molecule has 0 radical (unpaired) electrons. The van der Waals surface area contributed by atoms with Crippen molar-refractivity contribution >= 4 is 16.3 Å². The van der Waals surface area contributed by atoms with Gasteiger partial charge in [-0.2, -0.15) is 8.42 Å². The van der Waals surface area contributed by atoms with E-state index in [9.17, 15) is 33.6 Å². The molecule has 1 aliphatic rings. The molecular weight excluding hydrogens is 727 g/mol. The first-order chi connectivity index (χ1) is 26.5. The van der Waals surface area contributed by atoms with Crippen LogP contribution < -0.4 is 5.32 Å². The lowest BCUT2D eigenvalue weighted by Crippen LogP contribution is -2.61. The maximum Gasteiger partial charge on any atom is 0.397 e. The highest BCUT2D eigenvalue weighted by molar-refractivity contribution is 7.80. The van der Waals surface area contributed by atoms with Crippen molar-refractivity contribution in [1.29, 1.82) is 0 Å². The van der Waals surface area contributed by atoms with Crippen LogP contribution >= 0.6 is 0 Å². The fourth-order valence-corrected chi connectivity index (χ4v) is 7.37. The Hall–Kier alpha value is -1.42. The third-order valence-electron chi connectivity index (χ3n) is 10.3. The van der Waals surface area contributed by atoms with Gasteiger partial charge in [-0.25, -0.2) is 4.18 Å². The summed E-state index contributed by atoms with van der Waals surface area (Å²) in [5, 5.41) is 44.7. The first kappa shape index (κ1) is 51.6. The number of nitrogens with one attached hydrogen (secondary N) is 1. The lowest BCUT2D eigenvalue weighted by Gasteiger charge is -2.41. The second-order valence-electron chi connectivity index (χ2n) is 15.3. The zero-order valence-electron chi connectivity index (χ0n) is 34.2. The molecule has 55 heavy (non-hydrogen) atoms. The Labute approximate surface area is 333 Å². The molecule has 1 rings (SSSR count). The molecule has 0 aromatic rings. The minimum Gasteiger partial charge on any atom is -0.394 e. The summed E-state index contributed by atoms with van der Waals surface area (Å²) in [7, 11) is -5.08. The van der Waals surface area contributed by atoms with Gasteiger partial charge in [-0.1, -0.05) is 167 Å². The highest BCUT2D eigenvalue weighted by Gasteiger charge is 2.48. The third-order valence-corrected chi connectivity index (χ3v) is 10.7. The van der Waals surface area contributed by atoms with Crippen molar-refractivity contribution < 1.29 is 51.8 Å². The fraction of sp³-hybridized carbons (Fsp3) is 0.881. The van der Waals surface area contributed by atoms with E-state index in [0.29, 0.717) is 12.8 Å². The van der Waals surface area contributed by atoms with Crippen molar-refractivity contribution in [2.75, 3.05) is 13.2 Å². The van der Waals surface area contributed by atoms with Crippen molar-refractivity contribution in [1.82, 2.24) is 5.32 Å². The molecule has 1 heterocycles. The predicted octanol–water partition coefficient (Wildman–Crippen LogP) is 7.77. The maximum atomic E-state index is 13.0. The van der Waals surface area contributed by atoms with Gasteiger partial charge in [0.05, 0.1) is 25.4 Å². The number of aliphatic hydroxyl groups is 4. The van der Waals surface area contributed by atoms with Gasteiger partial charge in [-0.3, -0.25) is 9.35 Å². The van der Waals surface area contributed by atoms with E-state index in [1.165, 1.54) is 109 Å². The molecule has 0 saturated carbocycles. The van der Waals surface area contributed by atoms with Gasteiger partial charge in [0.1, 0.15) is 24.4 Å². The number of carbonyl (C=O) groups is 1. The van der Waals surface area contributed by atoms with Crippen LogP contribution in [0.5, 0.6) is 0 Å². The van der Waals surface area contributed by atoms with E-state index in [0.717, 1.165) is 38.5 Å². The van der Waals surface area contributed by atoms with Crippen LogP contribution in [-0.4, -0.2) is 95.4 Å². The van der Waals surface area contributed by atoms with Crippen molar-refractivity contribution in [2.24, 2.45) is 0 Å². The van der Waals surface area contributed by atoms with Gasteiger partial charge in [0.2, 0.25) is 5.91 Å². The number of rotatable bonds is 36. The standard InChI is InChI=1S/C42H79NO11S/c1-3-5-7-9-11-13-15-17-18-20-21-23-25-27-29-31-36(45)35(34-52-42-40(48)41(54-55(49,50)51)39(47)37(33-44)53-42)43-38(46)32-30-28-26-24-22-19-16-14-12-10-8-6-4-2/h19,22,26,28,35-37,39-42,44-45,47-48H,3-18,20-21,23-25,27,29-34H2,1-2H3,(H,43,46)(H,49,50,51)/b22-19-,28-26-. The van der Waals surface area contributed by atoms with Crippen molar-refractivity contribution in [3.8, 4) is 0 Å². The number of hydrogen-bond acceptors (Lipinski definition) is 10. The Morgan fingerprint density at radius 3 is 1.73 bits per heavy atom. The highest BCUT2D eigenvalue weighted by atomic mass is 32.3. The number of aliphatic hydroxyl groups excluding tert-OH is 4. The van der Waals surface area contributed by atoms with Crippen LogP contribution in [0, 0.1) is 0 Å². The first-order valence-electron chi connectivity index (χ1n) is 21.7. The van der Waals surface area contributed by atoms with Crippen molar-refractivity contribution in [2.45, 2.75) is 224 Å². The quantitative estimate of drug-likeness (QED) is 0.0206. The van der Waals surface area contributed by atoms with Gasteiger partial charge >= 0.3 is 10.4 Å². The monoisotopic (exact) mass is 806 g/mol. The Morgan fingerprint density at radius 1 is 0.727 bits per heavy atom. The summed E-state index contributed by atoms with van der Waals surface area (Å²) in [6, 6.07) is -0.885. The number of hydrogen-bond donors (Lipinski definition) is 6. The summed E-state index contributed by atoms with van der Waals surface area (Å²) in [5.74, 6) is -0.297. The first-order valence-corrected chi connectivity index (χ1v) is 23.1. The minimum atomic E-state index is -5.08. The topological polar surface area (TPSA) is 192 Å². The largest absolute Gasteiger partial charge is 0.397 e. The number of carbonyl (C=O) groups excluding carboxylic acids is 1. The Balaban J connectivity index is 2.58. The van der Waals surface area contributed by atoms with Crippen LogP contribution in [-0.2, 0) is 28.9 Å². The average Bonchev–Trinajstić information content (AvgIpc) is 3.15. The normalized spacial score (nSPS) is 21.8. The summed E-state index contributed by atoms with van der Waals surface area (Å²) in [5.41, 5.74) is 0. The molecule has 1 fully saturated rings. The van der Waals surface area contributed by atoms with Gasteiger partial charge in [0.15, 0.2) is 6.29 Å². The lowest BCUT2D eigenvalue weighted by atomic mass is 9.99. The van der Waals surface area contributed by atoms with Gasteiger partial charge < -0.3 is 35.2 Å². The number of unbranched alkanes of at least 4 members (excludes halogenated alkanes) is 20. The van der Waals surface area contributed by atoms with E-state index in [1.807, 2.05) is 12.2 Å². The van der Waals surface area contributed by atoms with Gasteiger partial charge in [0.25, 0.3) is 0 Å². The molecule has 1 amide bonds. The molecule has 0 aromatic carbocycles. The molecule has 324 valence electrons. The molecule has 1 saturated heterocycles. The van der Waals surface area contributed by atoms with Crippen LogP contribution in [0.3, 0.4) is 0 Å². The van der Waals surface area contributed by atoms with Crippen LogP contribution in [0.15, 0.2) is 24.3 Å². The summed E-state index contributed by atoms with van der Waals surface area (Å²) in [6.45, 7) is 3.39. The summed E-state index contributed by atoms with van der Waals surface area (Å²) in [6.07, 6.45) is 27.7. The molecule has 0 aromatic heterocycles. The average molecular weight is 806 g/mol. The molecule has 1 aliphatic heterocycles. The van der Waals surface area contributed by atoms with Crippen LogP contribution in [0.2, 0.25) is 0 Å². The Bertz CT molecular complexity index is 1090. The van der Waals surface area contributed by atoms with Crippen LogP contribution in [0.4, 0.5) is 0 Å². The van der Waals surface area contributed by atoms with Gasteiger partial charge in [0, 0.05) is 6.42 Å². The van der Waals surface area contributed by atoms with E-state index < -0.39 is 59.9 Å². The number of ether oxygens (including phenoxy) is 2. The maximum absolute atomic E-state index is 13.0. The predicted molar refractivity (Wildman–Crippen MR) is 218 cm³/mol. The zero-order valence-corrected chi connectivity index (χ0v) is 35.1. The molecular formula is C42H79NO11S. The summed E-state index contributed by atoms with van der Waals surface area (Å²) < 4.78 is 47.5. The third kappa shape index (κ3) is 27.0. The van der Waals surface area contributed by atoms with Crippen LogP contribution in [0.1, 0.15) is 181 Å². The number of amides is 1. The SMILES string of the molecule is CCCCCCCC/C=C\C/C=C\CCC(=O)NC(COC1OC(CO)C(O)C(OS(=O)(=O)O)C1O)C(O)CCCCCCCCCCCCCCCCC. The van der Waals surface area contributed by atoms with Crippen molar-refractivity contribution in [3.05, 3.63) is 24.3 Å². The number of allylic oxidation sites excluding steroid dienone is 4. The Kier molecular flexibility index (Phi) is 31.5. The van der Waals surface area contributed by atoms with E-state index in [2.05, 4.69) is 35.5 Å². The molecule has 0 spiro atoms. The summed E-state index contributed by atoms with van der Waals surface area (Å²) >= 11 is 0. The highest BCUT2D eigenvalue weighted by Crippen LogP contribution is 2.26. The van der Waals surface area contributed by atoms with E-state index in [-0.39, 0.29) is 18.9 Å². The van der Waals surface area contributed by atoms with Gasteiger partial charge in [-0.15, -0.1) is 0 Å². The fourth-order valence-electron chi connectivity index (χ4n) is 6.86. The molecule has 7 atom stereocenters. The molecule has 13 heteroatoms. The van der Waals surface area contributed by atoms with Gasteiger partial charge in [-0.05, 0) is 32.1 Å². The van der Waals surface area contributed by atoms with E-state index in [4.69, 9.17) is 14.0 Å². The van der Waals surface area contributed by atoms with E-state index in [1.54, 1.807) is 0 Å². The van der Waals surface area contributed by atoms with Crippen molar-refractivity contribution in [3.63, 3.8) is 0 Å². The lowest BCUT2D eigenvalue weighted by molar-refractivity contribution is -0.298. The summed E-state index contributed by atoms with van der Waals surface area (Å²) in [4.78, 5) is 13.0. The molecule has 6 N–H and O–H groups in total. The van der Waals surface area contributed by atoms with E-state index >= 15 is 0 Å². The Morgan fingerprint density at radius 2 is 1.22 bits per heavy atom. The second-order valence-corrected chi connectivity index (χ2v) is 16.3.